The highest BCUT2D eigenvalue weighted by molar-refractivity contribution is 8.01. The van der Waals surface area contributed by atoms with Gasteiger partial charge >= 0.3 is 0 Å². The Bertz CT molecular complexity index is 712. The number of carbonyl (C=O) groups excluding carboxylic acids is 2. The van der Waals surface area contributed by atoms with Crippen molar-refractivity contribution in [1.29, 1.82) is 0 Å². The average molecular weight is 366 g/mol. The SMILES string of the molecule is CC(=O)N(c1nnc(SCC(=O)NC(C)c2ccco2)s1)C1CC1. The predicted molar refractivity (Wildman–Crippen MR) is 92.1 cm³/mol. The molecule has 0 saturated heterocycles. The number of carbonyl (C=O) groups is 2. The summed E-state index contributed by atoms with van der Waals surface area (Å²) in [4.78, 5) is 25.4. The largest absolute Gasteiger partial charge is 0.467 e. The van der Waals surface area contributed by atoms with E-state index < -0.39 is 0 Å². The molecule has 2 aromatic rings. The van der Waals surface area contributed by atoms with E-state index in [-0.39, 0.29) is 29.7 Å². The quantitative estimate of drug-likeness (QED) is 0.599. The second-order valence-corrected chi connectivity index (χ2v) is 7.74. The summed E-state index contributed by atoms with van der Waals surface area (Å²) < 4.78 is 5.94. The molecule has 1 fully saturated rings. The normalized spacial score (nSPS) is 15.1. The smallest absolute Gasteiger partial charge is 0.231 e. The van der Waals surface area contributed by atoms with Gasteiger partial charge in [0.1, 0.15) is 5.76 Å². The molecule has 1 N–H and O–H groups in total. The van der Waals surface area contributed by atoms with Gasteiger partial charge in [0.25, 0.3) is 0 Å². The van der Waals surface area contributed by atoms with Crippen molar-refractivity contribution in [2.24, 2.45) is 0 Å². The zero-order chi connectivity index (χ0) is 17.1. The number of nitrogens with one attached hydrogen (secondary N) is 1. The molecule has 1 aliphatic rings. The first-order chi connectivity index (χ1) is 11.5. The summed E-state index contributed by atoms with van der Waals surface area (Å²) in [6.45, 7) is 3.40. The summed E-state index contributed by atoms with van der Waals surface area (Å²) >= 11 is 2.66. The molecule has 2 amide bonds. The molecule has 0 radical (unpaired) electrons. The Labute approximate surface area is 147 Å². The third-order valence-electron chi connectivity index (χ3n) is 3.53. The summed E-state index contributed by atoms with van der Waals surface area (Å²) in [7, 11) is 0. The Balaban J connectivity index is 1.51. The van der Waals surface area contributed by atoms with Crippen molar-refractivity contribution in [2.45, 2.75) is 43.1 Å². The van der Waals surface area contributed by atoms with Crippen LogP contribution in [-0.4, -0.2) is 33.8 Å². The lowest BCUT2D eigenvalue weighted by Gasteiger charge is -2.15. The number of hydrogen-bond acceptors (Lipinski definition) is 7. The molecule has 0 aromatic carbocycles. The maximum absolute atomic E-state index is 12.0. The van der Waals surface area contributed by atoms with Gasteiger partial charge in [-0.15, -0.1) is 10.2 Å². The van der Waals surface area contributed by atoms with Gasteiger partial charge in [0.15, 0.2) is 4.34 Å². The Morgan fingerprint density at radius 2 is 2.29 bits per heavy atom. The number of amides is 2. The van der Waals surface area contributed by atoms with Crippen molar-refractivity contribution in [3.8, 4) is 0 Å². The van der Waals surface area contributed by atoms with E-state index in [0.717, 1.165) is 12.8 Å². The van der Waals surface area contributed by atoms with E-state index in [9.17, 15) is 9.59 Å². The topological polar surface area (TPSA) is 88.3 Å². The van der Waals surface area contributed by atoms with Gasteiger partial charge in [0, 0.05) is 13.0 Å². The molecule has 128 valence electrons. The molecule has 3 rings (SSSR count). The van der Waals surface area contributed by atoms with Gasteiger partial charge in [0.05, 0.1) is 18.1 Å². The lowest BCUT2D eigenvalue weighted by molar-refractivity contribution is -0.119. The second-order valence-electron chi connectivity index (χ2n) is 5.56. The third kappa shape index (κ3) is 4.15. The number of anilines is 1. The number of nitrogens with zero attached hydrogens (tertiary/aromatic N) is 3. The van der Waals surface area contributed by atoms with E-state index >= 15 is 0 Å². The summed E-state index contributed by atoms with van der Waals surface area (Å²) in [5.41, 5.74) is 0. The molecular weight excluding hydrogens is 348 g/mol. The molecule has 7 nitrogen and oxygen atoms in total. The summed E-state index contributed by atoms with van der Waals surface area (Å²) in [5, 5.41) is 11.6. The highest BCUT2D eigenvalue weighted by Crippen LogP contribution is 2.35. The van der Waals surface area contributed by atoms with Crippen LogP contribution >= 0.6 is 23.1 Å². The zero-order valence-corrected chi connectivity index (χ0v) is 15.0. The van der Waals surface area contributed by atoms with E-state index in [1.165, 1.54) is 30.0 Å². The van der Waals surface area contributed by atoms with E-state index in [1.54, 1.807) is 17.2 Å². The van der Waals surface area contributed by atoms with Crippen molar-refractivity contribution in [3.63, 3.8) is 0 Å². The highest BCUT2D eigenvalue weighted by atomic mass is 32.2. The van der Waals surface area contributed by atoms with E-state index in [2.05, 4.69) is 15.5 Å². The van der Waals surface area contributed by atoms with Crippen LogP contribution in [0.3, 0.4) is 0 Å². The van der Waals surface area contributed by atoms with E-state index in [1.807, 2.05) is 13.0 Å². The summed E-state index contributed by atoms with van der Waals surface area (Å²) in [5.74, 6) is 0.831. The Kier molecular flexibility index (Phi) is 5.20. The fourth-order valence-corrected chi connectivity index (χ4v) is 4.03. The van der Waals surface area contributed by atoms with Crippen LogP contribution in [0.15, 0.2) is 27.2 Å². The van der Waals surface area contributed by atoms with Crippen molar-refractivity contribution in [1.82, 2.24) is 15.5 Å². The van der Waals surface area contributed by atoms with Gasteiger partial charge < -0.3 is 9.73 Å². The van der Waals surface area contributed by atoms with Crippen molar-refractivity contribution >= 4 is 40.0 Å². The number of hydrogen-bond donors (Lipinski definition) is 1. The summed E-state index contributed by atoms with van der Waals surface area (Å²) in [6, 6.07) is 3.69. The maximum Gasteiger partial charge on any atom is 0.231 e. The zero-order valence-electron chi connectivity index (χ0n) is 13.4. The third-order valence-corrected chi connectivity index (χ3v) is 5.58. The first-order valence-corrected chi connectivity index (χ1v) is 9.43. The number of aromatic nitrogens is 2. The van der Waals surface area contributed by atoms with Gasteiger partial charge in [-0.25, -0.2) is 0 Å². The lowest BCUT2D eigenvalue weighted by atomic mass is 10.2. The van der Waals surface area contributed by atoms with Crippen molar-refractivity contribution in [2.75, 3.05) is 10.7 Å². The molecular formula is C15H18N4O3S2. The molecule has 1 saturated carbocycles. The van der Waals surface area contributed by atoms with Crippen LogP contribution in [0.1, 0.15) is 38.5 Å². The minimum atomic E-state index is -0.179. The standard InChI is InChI=1S/C15H18N4O3S2/c1-9(12-4-3-7-22-12)16-13(21)8-23-15-18-17-14(24-15)19(10(2)20)11-5-6-11/h3-4,7,9,11H,5-6,8H2,1-2H3,(H,16,21). The first kappa shape index (κ1) is 17.0. The number of rotatable bonds is 7. The predicted octanol–water partition coefficient (Wildman–Crippen LogP) is 2.62. The summed E-state index contributed by atoms with van der Waals surface area (Å²) in [6.07, 6.45) is 3.60. The highest BCUT2D eigenvalue weighted by Gasteiger charge is 2.34. The maximum atomic E-state index is 12.0. The van der Waals surface area contributed by atoms with E-state index in [4.69, 9.17) is 4.42 Å². The van der Waals surface area contributed by atoms with Crippen LogP contribution in [-0.2, 0) is 9.59 Å². The number of furan rings is 1. The van der Waals surface area contributed by atoms with Crippen molar-refractivity contribution in [3.05, 3.63) is 24.2 Å². The molecule has 24 heavy (non-hydrogen) atoms. The molecule has 0 spiro atoms. The van der Waals surface area contributed by atoms with Crippen LogP contribution in [0.25, 0.3) is 0 Å². The molecule has 1 aliphatic carbocycles. The molecule has 0 bridgehead atoms. The Hall–Kier alpha value is -1.87. The first-order valence-electron chi connectivity index (χ1n) is 7.63. The molecule has 2 heterocycles. The molecule has 1 atom stereocenters. The molecule has 2 aromatic heterocycles. The van der Waals surface area contributed by atoms with E-state index in [0.29, 0.717) is 15.2 Å². The van der Waals surface area contributed by atoms with Crippen LogP contribution in [0, 0.1) is 0 Å². The van der Waals surface area contributed by atoms with Gasteiger partial charge in [-0.05, 0) is 31.9 Å². The molecule has 9 heteroatoms. The minimum absolute atomic E-state index is 0.0183. The molecule has 1 unspecified atom stereocenters. The Morgan fingerprint density at radius 1 is 1.50 bits per heavy atom. The monoisotopic (exact) mass is 366 g/mol. The van der Waals surface area contributed by atoms with Crippen LogP contribution in [0.4, 0.5) is 5.13 Å². The second kappa shape index (κ2) is 7.35. The lowest BCUT2D eigenvalue weighted by Crippen LogP contribution is -2.30. The Morgan fingerprint density at radius 3 is 2.92 bits per heavy atom. The van der Waals surface area contributed by atoms with Crippen LogP contribution in [0.5, 0.6) is 0 Å². The van der Waals surface area contributed by atoms with Crippen LogP contribution < -0.4 is 10.2 Å². The minimum Gasteiger partial charge on any atom is -0.467 e. The fourth-order valence-electron chi connectivity index (χ4n) is 2.26. The van der Waals surface area contributed by atoms with Gasteiger partial charge in [-0.2, -0.15) is 0 Å². The van der Waals surface area contributed by atoms with Gasteiger partial charge in [-0.1, -0.05) is 23.1 Å². The number of thioether (sulfide) groups is 1. The fraction of sp³-hybridized carbons (Fsp3) is 0.467. The van der Waals surface area contributed by atoms with Gasteiger partial charge in [-0.3, -0.25) is 14.5 Å². The van der Waals surface area contributed by atoms with Crippen LogP contribution in [0.2, 0.25) is 0 Å². The van der Waals surface area contributed by atoms with Crippen molar-refractivity contribution < 1.29 is 14.0 Å². The van der Waals surface area contributed by atoms with Gasteiger partial charge in [0.2, 0.25) is 16.9 Å². The molecule has 0 aliphatic heterocycles. The average Bonchev–Trinajstić information content (AvgIpc) is 3.03.